The van der Waals surface area contributed by atoms with Crippen molar-refractivity contribution in [2.24, 2.45) is 7.05 Å². The first kappa shape index (κ1) is 12.3. The summed E-state index contributed by atoms with van der Waals surface area (Å²) in [5.74, 6) is 1.33. The van der Waals surface area contributed by atoms with Gasteiger partial charge in [0.25, 0.3) is 0 Å². The highest BCUT2D eigenvalue weighted by Gasteiger charge is 2.26. The molecule has 0 spiro atoms. The first-order valence-electron chi connectivity index (χ1n) is 6.87. The molecule has 1 unspecified atom stereocenters. The minimum absolute atomic E-state index is 0.0807. The third kappa shape index (κ3) is 2.03. The number of Topliss-reactive ketones (excluding diaryl/α,β-unsaturated/α-hetero) is 1. The number of benzene rings is 1. The summed E-state index contributed by atoms with van der Waals surface area (Å²) in [7, 11) is 3.72. The summed E-state index contributed by atoms with van der Waals surface area (Å²) in [5.41, 5.74) is 2.31. The van der Waals surface area contributed by atoms with E-state index in [0.717, 1.165) is 48.0 Å². The molecule has 3 heteroatoms. The Kier molecular flexibility index (Phi) is 3.05. The Bertz CT molecular complexity index is 627. The molecule has 1 aromatic carbocycles. The van der Waals surface area contributed by atoms with Gasteiger partial charge in [-0.3, -0.25) is 4.79 Å². The zero-order valence-corrected chi connectivity index (χ0v) is 11.5. The smallest absolute Gasteiger partial charge is 0.141 e. The highest BCUT2D eigenvalue weighted by molar-refractivity contribution is 5.89. The van der Waals surface area contributed by atoms with Crippen LogP contribution in [-0.4, -0.2) is 17.5 Å². The first-order chi connectivity index (χ1) is 9.20. The third-order valence-corrected chi connectivity index (χ3v) is 4.20. The number of methoxy groups -OCH3 is 1. The van der Waals surface area contributed by atoms with Crippen LogP contribution in [0.5, 0.6) is 5.75 Å². The second-order valence-electron chi connectivity index (χ2n) is 5.32. The van der Waals surface area contributed by atoms with E-state index in [1.807, 2.05) is 19.2 Å². The molecule has 0 amide bonds. The number of ketones is 1. The van der Waals surface area contributed by atoms with E-state index in [2.05, 4.69) is 16.7 Å². The van der Waals surface area contributed by atoms with Gasteiger partial charge in [-0.1, -0.05) is 6.42 Å². The van der Waals surface area contributed by atoms with Gasteiger partial charge in [-0.2, -0.15) is 0 Å². The van der Waals surface area contributed by atoms with Crippen LogP contribution in [0.3, 0.4) is 0 Å². The van der Waals surface area contributed by atoms with Crippen molar-refractivity contribution in [1.82, 2.24) is 4.57 Å². The molecular formula is C16H19NO2. The number of fused-ring (bicyclic) bond motifs is 1. The van der Waals surface area contributed by atoms with E-state index in [9.17, 15) is 4.79 Å². The van der Waals surface area contributed by atoms with Crippen molar-refractivity contribution >= 4 is 16.7 Å². The van der Waals surface area contributed by atoms with Gasteiger partial charge >= 0.3 is 0 Å². The standard InChI is InChI=1S/C16H19NO2/c1-17-14-8-7-12(19-2)9-11(14)10-15(17)13-5-3-4-6-16(13)18/h7-10,13H,3-6H2,1-2H3. The molecule has 0 N–H and O–H groups in total. The van der Waals surface area contributed by atoms with Crippen LogP contribution in [0.2, 0.25) is 0 Å². The van der Waals surface area contributed by atoms with Gasteiger partial charge in [0, 0.05) is 30.1 Å². The monoisotopic (exact) mass is 257 g/mol. The van der Waals surface area contributed by atoms with Crippen molar-refractivity contribution in [2.45, 2.75) is 31.6 Å². The lowest BCUT2D eigenvalue weighted by Gasteiger charge is -2.21. The number of aryl methyl sites for hydroxylation is 1. The number of nitrogens with zero attached hydrogens (tertiary/aromatic N) is 1. The number of hydrogen-bond donors (Lipinski definition) is 0. The Balaban J connectivity index is 2.08. The molecule has 0 bridgehead atoms. The second-order valence-corrected chi connectivity index (χ2v) is 5.32. The van der Waals surface area contributed by atoms with Crippen LogP contribution < -0.4 is 4.74 Å². The summed E-state index contributed by atoms with van der Waals surface area (Å²) in [4.78, 5) is 12.1. The zero-order chi connectivity index (χ0) is 13.4. The van der Waals surface area contributed by atoms with Gasteiger partial charge in [0.2, 0.25) is 0 Å². The molecule has 3 nitrogen and oxygen atoms in total. The first-order valence-corrected chi connectivity index (χ1v) is 6.87. The Morgan fingerprint density at radius 3 is 2.84 bits per heavy atom. The van der Waals surface area contributed by atoms with Crippen LogP contribution in [0, 0.1) is 0 Å². The summed E-state index contributed by atoms with van der Waals surface area (Å²) in [6.07, 6.45) is 3.92. The minimum atomic E-state index is 0.0807. The molecule has 100 valence electrons. The van der Waals surface area contributed by atoms with Gasteiger partial charge in [-0.25, -0.2) is 0 Å². The van der Waals surface area contributed by atoms with Gasteiger partial charge in [0.1, 0.15) is 11.5 Å². The molecule has 19 heavy (non-hydrogen) atoms. The maximum atomic E-state index is 12.1. The van der Waals surface area contributed by atoms with Crippen molar-refractivity contribution < 1.29 is 9.53 Å². The zero-order valence-electron chi connectivity index (χ0n) is 11.5. The van der Waals surface area contributed by atoms with E-state index in [1.54, 1.807) is 7.11 Å². The third-order valence-electron chi connectivity index (χ3n) is 4.20. The lowest BCUT2D eigenvalue weighted by Crippen LogP contribution is -2.19. The summed E-state index contributed by atoms with van der Waals surface area (Å²) in [6, 6.07) is 8.21. The van der Waals surface area contributed by atoms with Crippen molar-refractivity contribution in [3.05, 3.63) is 30.0 Å². The van der Waals surface area contributed by atoms with Crippen molar-refractivity contribution in [1.29, 1.82) is 0 Å². The van der Waals surface area contributed by atoms with Crippen LogP contribution in [0.4, 0.5) is 0 Å². The topological polar surface area (TPSA) is 31.2 Å². The van der Waals surface area contributed by atoms with E-state index < -0.39 is 0 Å². The molecule has 2 aromatic rings. The van der Waals surface area contributed by atoms with Crippen LogP contribution >= 0.6 is 0 Å². The van der Waals surface area contributed by atoms with E-state index in [-0.39, 0.29) is 5.92 Å². The van der Waals surface area contributed by atoms with Crippen molar-refractivity contribution in [3.8, 4) is 5.75 Å². The molecule has 0 aliphatic heterocycles. The molecule has 1 saturated carbocycles. The van der Waals surface area contributed by atoms with Crippen LogP contribution in [0.1, 0.15) is 37.3 Å². The van der Waals surface area contributed by atoms with Gasteiger partial charge in [0.15, 0.2) is 0 Å². The maximum absolute atomic E-state index is 12.1. The Hall–Kier alpha value is -1.77. The molecule has 1 heterocycles. The summed E-state index contributed by atoms with van der Waals surface area (Å²) in [6.45, 7) is 0. The van der Waals surface area contributed by atoms with Crippen molar-refractivity contribution in [2.75, 3.05) is 7.11 Å². The summed E-state index contributed by atoms with van der Waals surface area (Å²) >= 11 is 0. The molecule has 0 radical (unpaired) electrons. The van der Waals surface area contributed by atoms with Crippen molar-refractivity contribution in [3.63, 3.8) is 0 Å². The van der Waals surface area contributed by atoms with E-state index >= 15 is 0 Å². The molecule has 0 saturated heterocycles. The number of carbonyl (C=O) groups is 1. The Labute approximate surface area is 113 Å². The van der Waals surface area contributed by atoms with Crippen LogP contribution in [0.25, 0.3) is 10.9 Å². The van der Waals surface area contributed by atoms with Gasteiger partial charge in [0.05, 0.1) is 13.0 Å². The number of rotatable bonds is 2. The average molecular weight is 257 g/mol. The number of carbonyl (C=O) groups excluding carboxylic acids is 1. The molecular weight excluding hydrogens is 238 g/mol. The number of aromatic nitrogens is 1. The fourth-order valence-electron chi connectivity index (χ4n) is 3.11. The SMILES string of the molecule is COc1ccc2c(c1)cc(C1CCCCC1=O)n2C. The van der Waals surface area contributed by atoms with Gasteiger partial charge in [-0.15, -0.1) is 0 Å². The quantitative estimate of drug-likeness (QED) is 0.825. The summed E-state index contributed by atoms with van der Waals surface area (Å²) < 4.78 is 7.42. The van der Waals surface area contributed by atoms with Gasteiger partial charge in [-0.05, 0) is 37.1 Å². The van der Waals surface area contributed by atoms with Gasteiger partial charge < -0.3 is 9.30 Å². The van der Waals surface area contributed by atoms with E-state index in [0.29, 0.717) is 5.78 Å². The lowest BCUT2D eigenvalue weighted by molar-refractivity contribution is -0.122. The lowest BCUT2D eigenvalue weighted by atomic mass is 9.85. The average Bonchev–Trinajstić information content (AvgIpc) is 2.76. The highest BCUT2D eigenvalue weighted by atomic mass is 16.5. The number of hydrogen-bond acceptors (Lipinski definition) is 2. The Morgan fingerprint density at radius 1 is 1.26 bits per heavy atom. The predicted molar refractivity (Wildman–Crippen MR) is 75.7 cm³/mol. The molecule has 1 fully saturated rings. The Morgan fingerprint density at radius 2 is 2.11 bits per heavy atom. The predicted octanol–water partition coefficient (Wildman–Crippen LogP) is 3.41. The van der Waals surface area contributed by atoms with Crippen LogP contribution in [-0.2, 0) is 11.8 Å². The molecule has 1 aliphatic rings. The largest absolute Gasteiger partial charge is 0.497 e. The molecule has 3 rings (SSSR count). The van der Waals surface area contributed by atoms with E-state index in [1.165, 1.54) is 0 Å². The highest BCUT2D eigenvalue weighted by Crippen LogP contribution is 2.34. The normalized spacial score (nSPS) is 19.9. The van der Waals surface area contributed by atoms with Crippen LogP contribution in [0.15, 0.2) is 24.3 Å². The molecule has 1 aliphatic carbocycles. The second kappa shape index (κ2) is 4.72. The molecule has 1 atom stereocenters. The summed E-state index contributed by atoms with van der Waals surface area (Å²) in [5, 5.41) is 1.15. The number of ether oxygens (including phenoxy) is 1. The van der Waals surface area contributed by atoms with E-state index in [4.69, 9.17) is 4.74 Å². The fourth-order valence-corrected chi connectivity index (χ4v) is 3.11. The minimum Gasteiger partial charge on any atom is -0.497 e. The fraction of sp³-hybridized carbons (Fsp3) is 0.438. The maximum Gasteiger partial charge on any atom is 0.141 e. The molecule has 1 aromatic heterocycles.